The molecule has 2 rings (SSSR count). The molecule has 2 heterocycles. The van der Waals surface area contributed by atoms with Gasteiger partial charge in [-0.1, -0.05) is 20.8 Å². The van der Waals surface area contributed by atoms with E-state index in [4.69, 9.17) is 38.8 Å². The zero-order valence-corrected chi connectivity index (χ0v) is 42.9. The summed E-state index contributed by atoms with van der Waals surface area (Å²) < 4.78 is 99.5. The molecule has 0 amide bonds. The zero-order chi connectivity index (χ0) is 35.1. The van der Waals surface area contributed by atoms with Crippen LogP contribution in [0.2, 0.25) is 0 Å². The van der Waals surface area contributed by atoms with Crippen LogP contribution in [0.3, 0.4) is 0 Å². The van der Waals surface area contributed by atoms with Gasteiger partial charge in [-0.05, 0) is 12.8 Å². The Hall–Kier alpha value is 4.24. The van der Waals surface area contributed by atoms with Gasteiger partial charge in [0.05, 0.1) is 31.5 Å². The Morgan fingerprint density at radius 1 is 0.627 bits per heavy atom. The summed E-state index contributed by atoms with van der Waals surface area (Å²) in [5, 5.41) is 19.3. The first-order valence-electron chi connectivity index (χ1n) is 12.2. The first kappa shape index (κ1) is 67.0. The van der Waals surface area contributed by atoms with Crippen molar-refractivity contribution in [1.82, 2.24) is 0 Å². The van der Waals surface area contributed by atoms with E-state index >= 15 is 0 Å². The maximum Gasteiger partial charge on any atom is 0.490 e. The zero-order valence-electron chi connectivity index (χ0n) is 26.0. The van der Waals surface area contributed by atoms with Crippen molar-refractivity contribution in [1.29, 1.82) is 0 Å². The van der Waals surface area contributed by atoms with Gasteiger partial charge in [0.25, 0.3) is 0 Å². The summed E-state index contributed by atoms with van der Waals surface area (Å²) in [6, 6.07) is 0. The fourth-order valence-electron chi connectivity index (χ4n) is 3.57. The molecule has 2 saturated heterocycles. The second-order valence-electron chi connectivity index (χ2n) is 9.05. The minimum atomic E-state index is -5.54. The Bertz CT molecular complexity index is 1260. The molecule has 0 saturated carbocycles. The molecule has 0 aromatic rings. The summed E-state index contributed by atoms with van der Waals surface area (Å²) in [5.41, 5.74) is 0. The Kier molecular flexibility index (Phi) is 37.7. The summed E-state index contributed by atoms with van der Waals surface area (Å²) in [7, 11) is -32.3. The molecular weight excluding hydrogens is 1320 g/mol. The van der Waals surface area contributed by atoms with Crippen LogP contribution in [0, 0.1) is 14.4 Å². The van der Waals surface area contributed by atoms with Crippen molar-refractivity contribution in [2.75, 3.05) is 13.2 Å². The van der Waals surface area contributed by atoms with Crippen molar-refractivity contribution in [3.8, 4) is 0 Å². The van der Waals surface area contributed by atoms with Gasteiger partial charge in [0, 0.05) is 120 Å². The maximum atomic E-state index is 11.5. The van der Waals surface area contributed by atoms with Gasteiger partial charge in [-0.15, -0.1) is 0 Å². The largest absolute Gasteiger partial charge is 0.490 e. The van der Waals surface area contributed by atoms with Crippen molar-refractivity contribution >= 4 is 46.9 Å². The van der Waals surface area contributed by atoms with E-state index in [1.54, 1.807) is 0 Å². The van der Waals surface area contributed by atoms with Crippen LogP contribution in [0.15, 0.2) is 0 Å². The Labute approximate surface area is 373 Å². The van der Waals surface area contributed by atoms with Crippen LogP contribution in [0.4, 0.5) is 0 Å². The molecule has 2 aliphatic rings. The van der Waals surface area contributed by atoms with Crippen molar-refractivity contribution in [3.63, 3.8) is 0 Å². The van der Waals surface area contributed by atoms with E-state index < -0.39 is 84.6 Å². The SMILES string of the molecule is C.CCC[C@H]1CC(O)[C@@H](COP(=O)(O)OP(=O)(O)OP(=O)(O)O)O1.[CH2-]C[C@H]1CC(O)[C@@H](COP(=O)(O)OP(=O)(O)OP(=O)(O)O)O1.[CH3-].[W].[W].[Y].[Y]. The fourth-order valence-corrected chi connectivity index (χ4v) is 9.63. The number of phosphoric ester groups is 2. The minimum absolute atomic E-state index is 0. The first-order chi connectivity index (χ1) is 20.2. The average Bonchev–Trinajstić information content (AvgIpc) is 3.33. The number of aliphatic hydroxyl groups is 2. The van der Waals surface area contributed by atoms with Crippen LogP contribution in [-0.2, 0) is 171 Å². The van der Waals surface area contributed by atoms with E-state index in [1.807, 2.05) is 6.92 Å². The monoisotopic (exact) mass is 1360 g/mol. The molecule has 2 radical (unpaired) electrons. The van der Waals surface area contributed by atoms with Crippen LogP contribution in [0.1, 0.15) is 46.5 Å². The van der Waals surface area contributed by atoms with Crippen LogP contribution in [0.5, 0.6) is 0 Å². The second-order valence-corrected chi connectivity index (χ2v) is 17.9. The number of hydrogen-bond donors (Lipinski definition) is 10. The molecule has 6 unspecified atom stereocenters. The van der Waals surface area contributed by atoms with Gasteiger partial charge < -0.3 is 73.2 Å². The van der Waals surface area contributed by atoms with Gasteiger partial charge in [0.15, 0.2) is 0 Å². The van der Waals surface area contributed by atoms with Gasteiger partial charge in [0.1, 0.15) is 12.2 Å². The molecule has 304 valence electrons. The van der Waals surface area contributed by atoms with Crippen molar-refractivity contribution < 1.29 is 220 Å². The Balaban J connectivity index is -0.000000178. The number of hydrogen-bond acceptors (Lipinski definition) is 16. The molecular formula is C17H42O24P6W2Y2-2. The molecule has 0 bridgehead atoms. The van der Waals surface area contributed by atoms with Gasteiger partial charge in [0.2, 0.25) is 0 Å². The quantitative estimate of drug-likeness (QED) is 0.0733. The van der Waals surface area contributed by atoms with Crippen LogP contribution >= 0.6 is 46.9 Å². The fraction of sp³-hybridized carbons (Fsp3) is 0.882. The van der Waals surface area contributed by atoms with Gasteiger partial charge in [-0.2, -0.15) is 23.7 Å². The number of aliphatic hydroxyl groups excluding tert-OH is 2. The summed E-state index contributed by atoms with van der Waals surface area (Å²) in [6.45, 7) is 4.17. The van der Waals surface area contributed by atoms with Crippen LogP contribution < -0.4 is 0 Å². The summed E-state index contributed by atoms with van der Waals surface area (Å²) in [6.07, 6.45) is -2.16. The van der Waals surface area contributed by atoms with E-state index in [2.05, 4.69) is 33.2 Å². The molecule has 24 nitrogen and oxygen atoms in total. The normalized spacial score (nSPS) is 27.5. The average molecular weight is 1360 g/mol. The van der Waals surface area contributed by atoms with E-state index in [-0.39, 0.29) is 141 Å². The van der Waals surface area contributed by atoms with E-state index in [1.165, 1.54) is 0 Å². The predicted octanol–water partition coefficient (Wildman–Crippen LogP) is 1.80. The van der Waals surface area contributed by atoms with Gasteiger partial charge in [-0.25, -0.2) is 27.4 Å². The number of ether oxygens (including phenoxy) is 2. The van der Waals surface area contributed by atoms with E-state index in [0.29, 0.717) is 19.3 Å². The Morgan fingerprint density at radius 2 is 0.941 bits per heavy atom. The van der Waals surface area contributed by atoms with Crippen molar-refractivity contribution in [2.24, 2.45) is 0 Å². The topological polar surface area (TPSA) is 379 Å². The number of rotatable bonds is 17. The van der Waals surface area contributed by atoms with E-state index in [9.17, 15) is 47.4 Å². The predicted molar refractivity (Wildman–Crippen MR) is 156 cm³/mol. The molecule has 2 aliphatic heterocycles. The smallest absolute Gasteiger partial charge is 0.390 e. The van der Waals surface area contributed by atoms with Crippen LogP contribution in [-0.4, -0.2) is 99.2 Å². The van der Waals surface area contributed by atoms with E-state index in [0.717, 1.165) is 6.42 Å². The summed E-state index contributed by atoms with van der Waals surface area (Å²) >= 11 is 0. The number of phosphoric acid groups is 6. The molecule has 34 heteroatoms. The molecule has 2 fully saturated rings. The molecule has 0 aliphatic carbocycles. The first-order valence-corrected chi connectivity index (χ1v) is 21.2. The molecule has 0 aromatic carbocycles. The third kappa shape index (κ3) is 30.9. The molecule has 0 spiro atoms. The third-order valence-corrected chi connectivity index (χ3v) is 12.8. The third-order valence-electron chi connectivity index (χ3n) is 5.17. The van der Waals surface area contributed by atoms with Crippen LogP contribution in [0.25, 0.3) is 0 Å². The summed E-state index contributed by atoms with van der Waals surface area (Å²) in [4.78, 5) is 69.8. The van der Waals surface area contributed by atoms with Crippen molar-refractivity contribution in [3.05, 3.63) is 14.4 Å². The second kappa shape index (κ2) is 28.7. The minimum Gasteiger partial charge on any atom is -0.390 e. The maximum absolute atomic E-state index is 11.5. The van der Waals surface area contributed by atoms with Gasteiger partial charge >= 0.3 is 46.9 Å². The summed E-state index contributed by atoms with van der Waals surface area (Å²) in [5.74, 6) is 0. The molecule has 51 heavy (non-hydrogen) atoms. The van der Waals surface area contributed by atoms with Gasteiger partial charge in [-0.3, -0.25) is 9.05 Å². The Morgan fingerprint density at radius 3 is 1.22 bits per heavy atom. The van der Waals surface area contributed by atoms with Crippen molar-refractivity contribution in [2.45, 2.75) is 83.1 Å². The molecule has 0 aromatic heterocycles. The molecule has 10 N–H and O–H groups in total. The molecule has 10 atom stereocenters. The standard InChI is InChI=1S/C8H19O12P3.C7H16O12P3.CH4.CH3.2W.2Y/c1-2-3-6-4-7(9)8(18-6)5-17-22(13,14)20-23(15,16)19-21(10,11)12;1-2-5-3-6(8)7(17-5)4-16-21(12,13)19-22(14,15)18-20(9,10)11;;;;;;/h6-9H,2-5H2,1H3,(H,13,14)(H,15,16)(H2,10,11,12);5-8H,1-4H2,(H,12,13)(H,14,15)(H2,9,10,11);1H4;1H3;;;;/q;-1;;-1;;;;/t6-,7?,8+;5-,6?,7+;;;;;;/m00....../s1.